The highest BCUT2D eigenvalue weighted by atomic mass is 16.1. The van der Waals surface area contributed by atoms with Crippen LogP contribution >= 0.6 is 0 Å². The van der Waals surface area contributed by atoms with E-state index in [0.717, 1.165) is 16.8 Å². The number of hydrogen-bond acceptors (Lipinski definition) is 3. The van der Waals surface area contributed by atoms with Crippen LogP contribution < -0.4 is 11.1 Å². The Morgan fingerprint density at radius 3 is 2.55 bits per heavy atom. The van der Waals surface area contributed by atoms with Gasteiger partial charge in [-0.05, 0) is 31.5 Å². The van der Waals surface area contributed by atoms with Gasteiger partial charge in [-0.1, -0.05) is 12.1 Å². The number of benzene rings is 1. The Labute approximate surface area is 118 Å². The highest BCUT2D eigenvalue weighted by molar-refractivity contribution is 5.94. The van der Waals surface area contributed by atoms with E-state index in [2.05, 4.69) is 10.4 Å². The van der Waals surface area contributed by atoms with Crippen molar-refractivity contribution in [2.24, 2.45) is 12.8 Å². The van der Waals surface area contributed by atoms with Crippen molar-refractivity contribution >= 4 is 5.91 Å². The predicted molar refractivity (Wildman–Crippen MR) is 78.2 cm³/mol. The highest BCUT2D eigenvalue weighted by Crippen LogP contribution is 2.16. The molecule has 1 amide bonds. The molecule has 20 heavy (non-hydrogen) atoms. The van der Waals surface area contributed by atoms with Gasteiger partial charge in [-0.15, -0.1) is 0 Å². The van der Waals surface area contributed by atoms with Crippen molar-refractivity contribution in [3.63, 3.8) is 0 Å². The third-order valence-electron chi connectivity index (χ3n) is 3.54. The van der Waals surface area contributed by atoms with Crippen molar-refractivity contribution in [3.05, 3.63) is 52.8 Å². The topological polar surface area (TPSA) is 72.9 Å². The second-order valence-electron chi connectivity index (χ2n) is 4.91. The molecule has 106 valence electrons. The summed E-state index contributed by atoms with van der Waals surface area (Å²) in [4.78, 5) is 12.2. The molecule has 0 aliphatic rings. The number of aryl methyl sites for hydroxylation is 1. The Balaban J connectivity index is 2.08. The van der Waals surface area contributed by atoms with Gasteiger partial charge >= 0.3 is 0 Å². The summed E-state index contributed by atoms with van der Waals surface area (Å²) in [5.41, 5.74) is 9.27. The van der Waals surface area contributed by atoms with Crippen LogP contribution in [0.3, 0.4) is 0 Å². The lowest BCUT2D eigenvalue weighted by Crippen LogP contribution is -2.26. The van der Waals surface area contributed by atoms with Crippen molar-refractivity contribution in [3.8, 4) is 0 Å². The molecule has 0 spiro atoms. The first-order valence-corrected chi connectivity index (χ1v) is 6.61. The quantitative estimate of drug-likeness (QED) is 0.889. The minimum absolute atomic E-state index is 0.0783. The predicted octanol–water partition coefficient (Wildman–Crippen LogP) is 1.68. The molecule has 1 unspecified atom stereocenters. The second-order valence-corrected chi connectivity index (χ2v) is 4.91. The van der Waals surface area contributed by atoms with E-state index < -0.39 is 0 Å². The van der Waals surface area contributed by atoms with Crippen LogP contribution in [0, 0.1) is 6.92 Å². The Kier molecular flexibility index (Phi) is 4.20. The third kappa shape index (κ3) is 2.88. The van der Waals surface area contributed by atoms with Gasteiger partial charge in [0.2, 0.25) is 0 Å². The smallest absolute Gasteiger partial charge is 0.251 e. The van der Waals surface area contributed by atoms with Crippen LogP contribution in [0.5, 0.6) is 0 Å². The minimum atomic E-state index is -0.0932. The molecule has 0 saturated carbocycles. The molecule has 0 aliphatic heterocycles. The van der Waals surface area contributed by atoms with Gasteiger partial charge in [0.05, 0.1) is 12.2 Å². The van der Waals surface area contributed by atoms with Gasteiger partial charge in [-0.3, -0.25) is 9.48 Å². The zero-order valence-corrected chi connectivity index (χ0v) is 12.1. The fourth-order valence-electron chi connectivity index (χ4n) is 2.09. The number of carbonyl (C=O) groups is 1. The van der Waals surface area contributed by atoms with E-state index in [4.69, 9.17) is 5.73 Å². The maximum absolute atomic E-state index is 12.2. The van der Waals surface area contributed by atoms with Crippen molar-refractivity contribution in [2.75, 3.05) is 0 Å². The number of amides is 1. The Morgan fingerprint density at radius 1 is 1.40 bits per heavy atom. The summed E-state index contributed by atoms with van der Waals surface area (Å²) in [5.74, 6) is -0.0932. The molecule has 0 bridgehead atoms. The van der Waals surface area contributed by atoms with E-state index in [0.29, 0.717) is 12.1 Å². The lowest BCUT2D eigenvalue weighted by molar-refractivity contribution is 0.0940. The first-order valence-electron chi connectivity index (χ1n) is 6.61. The summed E-state index contributed by atoms with van der Waals surface area (Å²) >= 11 is 0. The molecule has 5 heteroatoms. The van der Waals surface area contributed by atoms with Crippen molar-refractivity contribution < 1.29 is 4.79 Å². The summed E-state index contributed by atoms with van der Waals surface area (Å²) in [6, 6.07) is 7.25. The fourth-order valence-corrected chi connectivity index (χ4v) is 2.09. The maximum atomic E-state index is 12.2. The lowest BCUT2D eigenvalue weighted by atomic mass is 10.1. The molecule has 0 aliphatic carbocycles. The number of rotatable bonds is 4. The van der Waals surface area contributed by atoms with Gasteiger partial charge in [0, 0.05) is 30.4 Å². The van der Waals surface area contributed by atoms with Crippen molar-refractivity contribution in [1.82, 2.24) is 15.1 Å². The Bertz CT molecular complexity index is 601. The SMILES string of the molecule is Cc1c(C(C)NC(=O)c2ccc(CN)cc2)cnn1C. The fraction of sp³-hybridized carbons (Fsp3) is 0.333. The maximum Gasteiger partial charge on any atom is 0.251 e. The monoisotopic (exact) mass is 272 g/mol. The molecule has 0 fully saturated rings. The molecule has 1 heterocycles. The number of nitrogens with zero attached hydrogens (tertiary/aromatic N) is 2. The normalized spacial score (nSPS) is 12.2. The summed E-state index contributed by atoms with van der Waals surface area (Å²) in [5, 5.41) is 7.17. The van der Waals surface area contributed by atoms with Crippen LogP contribution in [-0.2, 0) is 13.6 Å². The summed E-state index contributed by atoms with van der Waals surface area (Å²) in [6.07, 6.45) is 1.79. The van der Waals surface area contributed by atoms with E-state index in [9.17, 15) is 4.79 Å². The van der Waals surface area contributed by atoms with Gasteiger partial charge < -0.3 is 11.1 Å². The zero-order chi connectivity index (χ0) is 14.7. The largest absolute Gasteiger partial charge is 0.345 e. The van der Waals surface area contributed by atoms with Gasteiger partial charge in [0.25, 0.3) is 5.91 Å². The number of hydrogen-bond donors (Lipinski definition) is 2. The molecular weight excluding hydrogens is 252 g/mol. The molecule has 5 nitrogen and oxygen atoms in total. The van der Waals surface area contributed by atoms with Crippen LogP contribution in [0.25, 0.3) is 0 Å². The van der Waals surface area contributed by atoms with E-state index in [-0.39, 0.29) is 11.9 Å². The van der Waals surface area contributed by atoms with Gasteiger partial charge in [-0.2, -0.15) is 5.10 Å². The number of aromatic nitrogens is 2. The Hall–Kier alpha value is -2.14. The average Bonchev–Trinajstić information content (AvgIpc) is 2.79. The van der Waals surface area contributed by atoms with Gasteiger partial charge in [0.15, 0.2) is 0 Å². The standard InChI is InChI=1S/C15H20N4O/c1-10(14-9-17-19(3)11(14)2)18-15(20)13-6-4-12(8-16)5-7-13/h4-7,9-10H,8,16H2,1-3H3,(H,18,20). The molecular formula is C15H20N4O. The number of nitrogens with two attached hydrogens (primary N) is 1. The molecule has 0 saturated heterocycles. The van der Waals surface area contributed by atoms with Crippen LogP contribution in [0.15, 0.2) is 30.5 Å². The average molecular weight is 272 g/mol. The molecule has 1 atom stereocenters. The Morgan fingerprint density at radius 2 is 2.05 bits per heavy atom. The number of carbonyl (C=O) groups excluding carboxylic acids is 1. The van der Waals surface area contributed by atoms with E-state index >= 15 is 0 Å². The second kappa shape index (κ2) is 5.88. The summed E-state index contributed by atoms with van der Waals surface area (Å²) in [6.45, 7) is 4.42. The van der Waals surface area contributed by atoms with Crippen molar-refractivity contribution in [2.45, 2.75) is 26.4 Å². The van der Waals surface area contributed by atoms with Crippen LogP contribution in [-0.4, -0.2) is 15.7 Å². The molecule has 1 aromatic heterocycles. The van der Waals surface area contributed by atoms with Gasteiger partial charge in [0.1, 0.15) is 0 Å². The summed E-state index contributed by atoms with van der Waals surface area (Å²) < 4.78 is 1.80. The first-order chi connectivity index (χ1) is 9.52. The molecule has 3 N–H and O–H groups in total. The van der Waals surface area contributed by atoms with E-state index in [1.165, 1.54) is 0 Å². The van der Waals surface area contributed by atoms with Crippen LogP contribution in [0.1, 0.15) is 40.1 Å². The molecule has 1 aromatic carbocycles. The van der Waals surface area contributed by atoms with Gasteiger partial charge in [-0.25, -0.2) is 0 Å². The molecule has 0 radical (unpaired) electrons. The van der Waals surface area contributed by atoms with Crippen LogP contribution in [0.2, 0.25) is 0 Å². The van der Waals surface area contributed by atoms with Crippen molar-refractivity contribution in [1.29, 1.82) is 0 Å². The molecule has 2 rings (SSSR count). The highest BCUT2D eigenvalue weighted by Gasteiger charge is 2.15. The minimum Gasteiger partial charge on any atom is -0.345 e. The summed E-state index contributed by atoms with van der Waals surface area (Å²) in [7, 11) is 1.89. The van der Waals surface area contributed by atoms with E-state index in [1.807, 2.05) is 33.0 Å². The van der Waals surface area contributed by atoms with E-state index in [1.54, 1.807) is 23.0 Å². The molecule has 2 aromatic rings. The first kappa shape index (κ1) is 14.3. The van der Waals surface area contributed by atoms with Crippen LogP contribution in [0.4, 0.5) is 0 Å². The number of nitrogens with one attached hydrogen (secondary N) is 1. The zero-order valence-electron chi connectivity index (χ0n) is 12.1. The lowest BCUT2D eigenvalue weighted by Gasteiger charge is -2.14. The third-order valence-corrected chi connectivity index (χ3v) is 3.54.